The molecule has 0 saturated carbocycles. The van der Waals surface area contributed by atoms with Crippen molar-refractivity contribution in [2.45, 2.75) is 19.4 Å². The third-order valence-electron chi connectivity index (χ3n) is 2.89. The Hall–Kier alpha value is -2.31. The van der Waals surface area contributed by atoms with Gasteiger partial charge in [0.25, 0.3) is 0 Å². The van der Waals surface area contributed by atoms with Gasteiger partial charge in [0.2, 0.25) is 0 Å². The van der Waals surface area contributed by atoms with Crippen molar-refractivity contribution in [3.63, 3.8) is 0 Å². The summed E-state index contributed by atoms with van der Waals surface area (Å²) < 4.78 is 19.3. The van der Waals surface area contributed by atoms with Crippen LogP contribution in [0.4, 0.5) is 4.39 Å². The van der Waals surface area contributed by atoms with Crippen molar-refractivity contribution < 1.29 is 9.13 Å². The van der Waals surface area contributed by atoms with Crippen LogP contribution in [0.3, 0.4) is 0 Å². The summed E-state index contributed by atoms with van der Waals surface area (Å²) in [6.45, 7) is 2.02. The minimum absolute atomic E-state index is 0.0513. The van der Waals surface area contributed by atoms with Crippen molar-refractivity contribution in [1.29, 1.82) is 0 Å². The zero-order valence-electron chi connectivity index (χ0n) is 12.0. The maximum absolute atomic E-state index is 13.8. The topological polar surface area (TPSA) is 35.2 Å². The predicted octanol–water partition coefficient (Wildman–Crippen LogP) is 3.15. The lowest BCUT2D eigenvalue weighted by molar-refractivity contribution is 0.343. The molecule has 0 aliphatic rings. The molecule has 1 unspecified atom stereocenters. The summed E-state index contributed by atoms with van der Waals surface area (Å²) >= 11 is 0. The standard InChI is InChI=1S/C18H18FNO/c1-14(20)13-16-10-5-11-17(19)18(16)21-12-6-9-15-7-3-2-4-8-15/h2-5,7-8,10-11,14H,12-13,20H2,1H3. The van der Waals surface area contributed by atoms with Crippen molar-refractivity contribution in [2.24, 2.45) is 5.73 Å². The maximum atomic E-state index is 13.8. The van der Waals surface area contributed by atoms with Crippen LogP contribution in [0.25, 0.3) is 0 Å². The van der Waals surface area contributed by atoms with Crippen LogP contribution >= 0.6 is 0 Å². The molecule has 0 radical (unpaired) electrons. The van der Waals surface area contributed by atoms with Gasteiger partial charge in [0.15, 0.2) is 11.6 Å². The summed E-state index contributed by atoms with van der Waals surface area (Å²) in [5.41, 5.74) is 7.45. The lowest BCUT2D eigenvalue weighted by Gasteiger charge is -2.12. The molecule has 0 aliphatic heterocycles. The predicted molar refractivity (Wildman–Crippen MR) is 82.6 cm³/mol. The van der Waals surface area contributed by atoms with Gasteiger partial charge in [-0.1, -0.05) is 42.2 Å². The summed E-state index contributed by atoms with van der Waals surface area (Å²) in [7, 11) is 0. The number of halogens is 1. The monoisotopic (exact) mass is 283 g/mol. The van der Waals surface area contributed by atoms with E-state index < -0.39 is 0 Å². The number of rotatable bonds is 4. The molecule has 0 bridgehead atoms. The summed E-state index contributed by atoms with van der Waals surface area (Å²) in [5.74, 6) is 5.73. The molecule has 0 aliphatic carbocycles. The highest BCUT2D eigenvalue weighted by Crippen LogP contribution is 2.23. The van der Waals surface area contributed by atoms with Crippen molar-refractivity contribution in [3.8, 4) is 17.6 Å². The zero-order valence-corrected chi connectivity index (χ0v) is 12.0. The lowest BCUT2D eigenvalue weighted by Crippen LogP contribution is -2.18. The van der Waals surface area contributed by atoms with Gasteiger partial charge < -0.3 is 10.5 Å². The Labute approximate surface area is 124 Å². The molecule has 0 aromatic heterocycles. The fourth-order valence-corrected chi connectivity index (χ4v) is 1.99. The summed E-state index contributed by atoms with van der Waals surface area (Å²) in [5, 5.41) is 0. The van der Waals surface area contributed by atoms with Gasteiger partial charge in [-0.3, -0.25) is 0 Å². The van der Waals surface area contributed by atoms with E-state index in [0.717, 1.165) is 11.1 Å². The molecule has 21 heavy (non-hydrogen) atoms. The van der Waals surface area contributed by atoms with Crippen LogP contribution in [0.2, 0.25) is 0 Å². The Morgan fingerprint density at radius 3 is 2.62 bits per heavy atom. The van der Waals surface area contributed by atoms with Gasteiger partial charge in [-0.2, -0.15) is 0 Å². The number of hydrogen-bond donors (Lipinski definition) is 1. The maximum Gasteiger partial charge on any atom is 0.165 e. The number of ether oxygens (including phenoxy) is 1. The lowest BCUT2D eigenvalue weighted by atomic mass is 10.1. The molecule has 0 spiro atoms. The summed E-state index contributed by atoms with van der Waals surface area (Å²) in [4.78, 5) is 0. The Kier molecular flexibility index (Phi) is 5.36. The largest absolute Gasteiger partial charge is 0.478 e. The summed E-state index contributed by atoms with van der Waals surface area (Å²) in [6.07, 6.45) is 0.569. The fraction of sp³-hybridized carbons (Fsp3) is 0.222. The molecule has 2 aromatic rings. The molecular weight excluding hydrogens is 265 g/mol. The highest BCUT2D eigenvalue weighted by atomic mass is 19.1. The van der Waals surface area contributed by atoms with Crippen LogP contribution in [-0.4, -0.2) is 12.6 Å². The molecule has 3 heteroatoms. The van der Waals surface area contributed by atoms with E-state index in [9.17, 15) is 4.39 Å². The Morgan fingerprint density at radius 1 is 1.14 bits per heavy atom. The molecule has 108 valence electrons. The van der Waals surface area contributed by atoms with E-state index in [1.165, 1.54) is 6.07 Å². The van der Waals surface area contributed by atoms with Crippen molar-refractivity contribution >= 4 is 0 Å². The minimum Gasteiger partial charge on any atom is -0.478 e. The third kappa shape index (κ3) is 4.62. The average Bonchev–Trinajstić information content (AvgIpc) is 2.46. The van der Waals surface area contributed by atoms with E-state index in [4.69, 9.17) is 10.5 Å². The van der Waals surface area contributed by atoms with Crippen LogP contribution in [0.5, 0.6) is 5.75 Å². The molecule has 1 atom stereocenters. The highest BCUT2D eigenvalue weighted by molar-refractivity contribution is 5.37. The van der Waals surface area contributed by atoms with E-state index in [1.54, 1.807) is 6.07 Å². The first kappa shape index (κ1) is 15.1. The van der Waals surface area contributed by atoms with Crippen LogP contribution in [0, 0.1) is 17.7 Å². The number of nitrogens with two attached hydrogens (primary N) is 1. The van der Waals surface area contributed by atoms with E-state index >= 15 is 0 Å². The molecule has 0 amide bonds. The highest BCUT2D eigenvalue weighted by Gasteiger charge is 2.10. The first-order chi connectivity index (χ1) is 10.2. The number of hydrogen-bond acceptors (Lipinski definition) is 2. The minimum atomic E-state index is -0.380. The second-order valence-corrected chi connectivity index (χ2v) is 4.87. The zero-order chi connectivity index (χ0) is 15.1. The van der Waals surface area contributed by atoms with Crippen molar-refractivity contribution in [3.05, 3.63) is 65.5 Å². The van der Waals surface area contributed by atoms with Crippen LogP contribution in [0.15, 0.2) is 48.5 Å². The molecule has 2 aromatic carbocycles. The Bertz CT molecular complexity index is 641. The van der Waals surface area contributed by atoms with Gasteiger partial charge in [-0.05, 0) is 37.1 Å². The second kappa shape index (κ2) is 7.47. The first-order valence-corrected chi connectivity index (χ1v) is 6.86. The molecule has 2 rings (SSSR count). The Morgan fingerprint density at radius 2 is 1.90 bits per heavy atom. The van der Waals surface area contributed by atoms with Gasteiger partial charge in [-0.25, -0.2) is 4.39 Å². The van der Waals surface area contributed by atoms with E-state index in [1.807, 2.05) is 43.3 Å². The van der Waals surface area contributed by atoms with Gasteiger partial charge in [0.1, 0.15) is 6.61 Å². The van der Waals surface area contributed by atoms with Gasteiger partial charge in [-0.15, -0.1) is 0 Å². The van der Waals surface area contributed by atoms with Crippen LogP contribution in [-0.2, 0) is 6.42 Å². The van der Waals surface area contributed by atoms with Crippen LogP contribution in [0.1, 0.15) is 18.1 Å². The van der Waals surface area contributed by atoms with Gasteiger partial charge >= 0.3 is 0 Å². The smallest absolute Gasteiger partial charge is 0.165 e. The molecule has 2 nitrogen and oxygen atoms in total. The molecule has 0 saturated heterocycles. The average molecular weight is 283 g/mol. The molecule has 0 fully saturated rings. The van der Waals surface area contributed by atoms with Gasteiger partial charge in [0.05, 0.1) is 0 Å². The van der Waals surface area contributed by atoms with Crippen LogP contribution < -0.4 is 10.5 Å². The fourth-order valence-electron chi connectivity index (χ4n) is 1.99. The van der Waals surface area contributed by atoms with Crippen molar-refractivity contribution in [2.75, 3.05) is 6.61 Å². The molecule has 0 heterocycles. The normalized spacial score (nSPS) is 11.4. The van der Waals surface area contributed by atoms with E-state index in [-0.39, 0.29) is 24.2 Å². The third-order valence-corrected chi connectivity index (χ3v) is 2.89. The quantitative estimate of drug-likeness (QED) is 0.875. The SMILES string of the molecule is CC(N)Cc1cccc(F)c1OCC#Cc1ccccc1. The van der Waals surface area contributed by atoms with Crippen molar-refractivity contribution in [1.82, 2.24) is 0 Å². The summed E-state index contributed by atoms with van der Waals surface area (Å²) in [6, 6.07) is 14.4. The Balaban J connectivity index is 2.05. The molecular formula is C18H18FNO. The van der Waals surface area contributed by atoms with E-state index in [0.29, 0.717) is 6.42 Å². The second-order valence-electron chi connectivity index (χ2n) is 4.87. The number of benzene rings is 2. The number of para-hydroxylation sites is 1. The molecule has 2 N–H and O–H groups in total. The van der Waals surface area contributed by atoms with Gasteiger partial charge in [0, 0.05) is 11.6 Å². The van der Waals surface area contributed by atoms with E-state index in [2.05, 4.69) is 11.8 Å². The first-order valence-electron chi connectivity index (χ1n) is 6.86.